The molecule has 0 spiro atoms. The molecular formula is C18H23NO5S. The standard InChI is InChI=1S/C18H23NO5S/c1-11-12(2)18(21)16(13(3)17(11)20)9-10-19-25(22,23)15-7-5-14(24-4)6-8-15/h5-8,11-12,19H,9-10H2,1-4H3. The van der Waals surface area contributed by atoms with Crippen molar-refractivity contribution in [1.29, 1.82) is 0 Å². The van der Waals surface area contributed by atoms with Gasteiger partial charge in [-0.05, 0) is 43.2 Å². The summed E-state index contributed by atoms with van der Waals surface area (Å²) in [6.45, 7) is 5.17. The van der Waals surface area contributed by atoms with Crippen molar-refractivity contribution < 1.29 is 22.7 Å². The Morgan fingerprint density at radius 1 is 1.04 bits per heavy atom. The van der Waals surface area contributed by atoms with Crippen molar-refractivity contribution >= 4 is 21.6 Å². The van der Waals surface area contributed by atoms with E-state index in [2.05, 4.69) is 4.72 Å². The number of allylic oxidation sites excluding steroid dienone is 1. The number of methoxy groups -OCH3 is 1. The van der Waals surface area contributed by atoms with Crippen LogP contribution in [0.25, 0.3) is 0 Å². The van der Waals surface area contributed by atoms with Crippen LogP contribution in [0.1, 0.15) is 27.2 Å². The zero-order valence-electron chi connectivity index (χ0n) is 14.8. The van der Waals surface area contributed by atoms with Crippen LogP contribution in [0.4, 0.5) is 0 Å². The fraction of sp³-hybridized carbons (Fsp3) is 0.444. The number of hydrogen-bond donors (Lipinski definition) is 1. The van der Waals surface area contributed by atoms with Crippen LogP contribution in [0.5, 0.6) is 5.75 Å². The fourth-order valence-corrected chi connectivity index (χ4v) is 3.90. The molecule has 0 amide bonds. The largest absolute Gasteiger partial charge is 0.497 e. The minimum absolute atomic E-state index is 0.0416. The average Bonchev–Trinajstić information content (AvgIpc) is 2.61. The summed E-state index contributed by atoms with van der Waals surface area (Å²) in [6, 6.07) is 6.02. The van der Waals surface area contributed by atoms with Crippen molar-refractivity contribution in [2.45, 2.75) is 32.1 Å². The summed E-state index contributed by atoms with van der Waals surface area (Å²) in [4.78, 5) is 24.7. The Morgan fingerprint density at radius 3 is 2.16 bits per heavy atom. The van der Waals surface area contributed by atoms with E-state index in [4.69, 9.17) is 4.74 Å². The predicted molar refractivity (Wildman–Crippen MR) is 93.8 cm³/mol. The van der Waals surface area contributed by atoms with Gasteiger partial charge in [-0.3, -0.25) is 9.59 Å². The van der Waals surface area contributed by atoms with Crippen LogP contribution in [0.15, 0.2) is 40.3 Å². The lowest BCUT2D eigenvalue weighted by atomic mass is 9.75. The van der Waals surface area contributed by atoms with Gasteiger partial charge in [-0.15, -0.1) is 0 Å². The highest BCUT2D eigenvalue weighted by molar-refractivity contribution is 7.89. The van der Waals surface area contributed by atoms with Crippen molar-refractivity contribution in [2.75, 3.05) is 13.7 Å². The number of sulfonamides is 1. The topological polar surface area (TPSA) is 89.5 Å². The van der Waals surface area contributed by atoms with E-state index in [1.165, 1.54) is 19.2 Å². The summed E-state index contributed by atoms with van der Waals surface area (Å²) >= 11 is 0. The number of Topliss-reactive ketones (excluding diaryl/α,β-unsaturated/α-hetero) is 2. The number of ketones is 2. The van der Waals surface area contributed by atoms with E-state index >= 15 is 0 Å². The van der Waals surface area contributed by atoms with Gasteiger partial charge in [-0.2, -0.15) is 0 Å². The molecule has 1 aromatic rings. The molecular weight excluding hydrogens is 342 g/mol. The smallest absolute Gasteiger partial charge is 0.240 e. The van der Waals surface area contributed by atoms with Gasteiger partial charge in [0.05, 0.1) is 12.0 Å². The summed E-state index contributed by atoms with van der Waals surface area (Å²) in [7, 11) is -2.18. The van der Waals surface area contributed by atoms with Crippen LogP contribution in [0.2, 0.25) is 0 Å². The molecule has 0 saturated heterocycles. The van der Waals surface area contributed by atoms with Gasteiger partial charge in [-0.1, -0.05) is 13.8 Å². The lowest BCUT2D eigenvalue weighted by Crippen LogP contribution is -2.35. The Balaban J connectivity index is 2.08. The van der Waals surface area contributed by atoms with Crippen LogP contribution in [0, 0.1) is 11.8 Å². The Labute approximate surface area is 148 Å². The maximum Gasteiger partial charge on any atom is 0.240 e. The number of benzene rings is 1. The molecule has 2 rings (SSSR count). The molecule has 0 aromatic heterocycles. The minimum Gasteiger partial charge on any atom is -0.497 e. The minimum atomic E-state index is -3.68. The van der Waals surface area contributed by atoms with Gasteiger partial charge in [0.25, 0.3) is 0 Å². The maximum absolute atomic E-state index is 12.4. The highest BCUT2D eigenvalue weighted by atomic mass is 32.2. The van der Waals surface area contributed by atoms with Crippen LogP contribution < -0.4 is 9.46 Å². The molecule has 1 aliphatic carbocycles. The molecule has 0 saturated carbocycles. The first-order valence-corrected chi connectivity index (χ1v) is 9.59. The van der Waals surface area contributed by atoms with E-state index in [0.29, 0.717) is 16.9 Å². The van der Waals surface area contributed by atoms with E-state index in [1.807, 2.05) is 0 Å². The zero-order valence-corrected chi connectivity index (χ0v) is 15.6. The fourth-order valence-electron chi connectivity index (χ4n) is 2.86. The van der Waals surface area contributed by atoms with Gasteiger partial charge in [0.1, 0.15) is 5.75 Å². The number of ether oxygens (including phenoxy) is 1. The van der Waals surface area contributed by atoms with Gasteiger partial charge in [0.2, 0.25) is 10.0 Å². The third-order valence-electron chi connectivity index (χ3n) is 4.73. The Morgan fingerprint density at radius 2 is 1.60 bits per heavy atom. The normalized spacial score (nSPS) is 21.6. The number of nitrogens with one attached hydrogen (secondary N) is 1. The number of carbonyl (C=O) groups excluding carboxylic acids is 2. The summed E-state index contributed by atoms with van der Waals surface area (Å²) in [5.74, 6) is -0.251. The van der Waals surface area contributed by atoms with Crippen LogP contribution in [0.3, 0.4) is 0 Å². The molecule has 1 aromatic carbocycles. The van der Waals surface area contributed by atoms with E-state index in [-0.39, 0.29) is 41.3 Å². The highest BCUT2D eigenvalue weighted by Crippen LogP contribution is 2.29. The van der Waals surface area contributed by atoms with Crippen molar-refractivity contribution in [1.82, 2.24) is 4.72 Å². The molecule has 0 fully saturated rings. The van der Waals surface area contributed by atoms with Gasteiger partial charge < -0.3 is 4.74 Å². The third-order valence-corrected chi connectivity index (χ3v) is 6.21. The summed E-state index contributed by atoms with van der Waals surface area (Å²) in [5.41, 5.74) is 0.868. The SMILES string of the molecule is COc1ccc(S(=O)(=O)NCCC2=C(C)C(=O)C(C)C(C)C2=O)cc1. The molecule has 2 atom stereocenters. The van der Waals surface area contributed by atoms with Gasteiger partial charge in [0, 0.05) is 24.0 Å². The van der Waals surface area contributed by atoms with Gasteiger partial charge in [0.15, 0.2) is 11.6 Å². The Bertz CT molecular complexity index is 808. The molecule has 136 valence electrons. The molecule has 25 heavy (non-hydrogen) atoms. The molecule has 0 radical (unpaired) electrons. The summed E-state index contributed by atoms with van der Waals surface area (Å²) < 4.78 is 32.1. The second kappa shape index (κ2) is 7.49. The molecule has 6 nitrogen and oxygen atoms in total. The van der Waals surface area contributed by atoms with Crippen molar-refractivity contribution in [2.24, 2.45) is 11.8 Å². The Hall–Kier alpha value is -1.99. The second-order valence-electron chi connectivity index (χ2n) is 6.23. The third kappa shape index (κ3) is 3.99. The molecule has 1 aliphatic rings. The van der Waals surface area contributed by atoms with Gasteiger partial charge >= 0.3 is 0 Å². The summed E-state index contributed by atoms with van der Waals surface area (Å²) in [6.07, 6.45) is 0.197. The lowest BCUT2D eigenvalue weighted by Gasteiger charge is -2.26. The average molecular weight is 365 g/mol. The van der Waals surface area contributed by atoms with Crippen LogP contribution >= 0.6 is 0 Å². The number of carbonyl (C=O) groups is 2. The Kier molecular flexibility index (Phi) is 5.80. The zero-order chi connectivity index (χ0) is 18.8. The first-order chi connectivity index (χ1) is 11.7. The van der Waals surface area contributed by atoms with Crippen LogP contribution in [-0.2, 0) is 19.6 Å². The van der Waals surface area contributed by atoms with E-state index in [0.717, 1.165) is 0 Å². The summed E-state index contributed by atoms with van der Waals surface area (Å²) in [5, 5.41) is 0. The molecule has 1 N–H and O–H groups in total. The van der Waals surface area contributed by atoms with Gasteiger partial charge in [-0.25, -0.2) is 13.1 Å². The van der Waals surface area contributed by atoms with Crippen molar-refractivity contribution in [3.05, 3.63) is 35.4 Å². The molecule has 2 unspecified atom stereocenters. The number of rotatable bonds is 6. The first kappa shape index (κ1) is 19.3. The van der Waals surface area contributed by atoms with Crippen LogP contribution in [-0.4, -0.2) is 33.6 Å². The first-order valence-electron chi connectivity index (χ1n) is 8.11. The molecule has 0 bridgehead atoms. The van der Waals surface area contributed by atoms with Crippen molar-refractivity contribution in [3.63, 3.8) is 0 Å². The van der Waals surface area contributed by atoms with Crippen molar-refractivity contribution in [3.8, 4) is 5.75 Å². The monoisotopic (exact) mass is 365 g/mol. The van der Waals surface area contributed by atoms with E-state index in [1.54, 1.807) is 32.9 Å². The highest BCUT2D eigenvalue weighted by Gasteiger charge is 2.35. The maximum atomic E-state index is 12.4. The second-order valence-corrected chi connectivity index (χ2v) is 8.00. The molecule has 7 heteroatoms. The number of hydrogen-bond acceptors (Lipinski definition) is 5. The molecule has 0 heterocycles. The lowest BCUT2D eigenvalue weighted by molar-refractivity contribution is -0.129. The van der Waals surface area contributed by atoms with E-state index in [9.17, 15) is 18.0 Å². The van der Waals surface area contributed by atoms with E-state index < -0.39 is 10.0 Å². The predicted octanol–water partition coefficient (Wildman–Crippen LogP) is 2.10. The quantitative estimate of drug-likeness (QED) is 0.834. The molecule has 0 aliphatic heterocycles.